The van der Waals surface area contributed by atoms with Crippen molar-refractivity contribution in [2.75, 3.05) is 5.73 Å². The zero-order valence-corrected chi connectivity index (χ0v) is 12.7. The van der Waals surface area contributed by atoms with Crippen LogP contribution in [0.2, 0.25) is 0 Å². The van der Waals surface area contributed by atoms with Crippen LogP contribution in [-0.2, 0) is 0 Å². The van der Waals surface area contributed by atoms with Crippen molar-refractivity contribution in [3.05, 3.63) is 84.9 Å². The quantitative estimate of drug-likeness (QED) is 0.574. The average molecular weight is 294 g/mol. The number of rotatable bonds is 3. The summed E-state index contributed by atoms with van der Waals surface area (Å²) in [5, 5.41) is 3.38. The Kier molecular flexibility index (Phi) is 3.74. The number of benzene rings is 3. The second-order valence-corrected chi connectivity index (χ2v) is 8.44. The van der Waals surface area contributed by atoms with Crippen molar-refractivity contribution in [1.82, 2.24) is 0 Å². The molecule has 4 N–H and O–H groups in total. The SMILES string of the molecule is Nc1ccccc1[PH](N)(c1ccccc1)c1ccccc1. The molecule has 3 aromatic rings. The van der Waals surface area contributed by atoms with Crippen LogP contribution in [0.1, 0.15) is 0 Å². The first-order chi connectivity index (χ1) is 10.2. The van der Waals surface area contributed by atoms with Gasteiger partial charge in [0.05, 0.1) is 0 Å². The van der Waals surface area contributed by atoms with Gasteiger partial charge in [-0.3, -0.25) is 0 Å². The van der Waals surface area contributed by atoms with Gasteiger partial charge < -0.3 is 0 Å². The summed E-state index contributed by atoms with van der Waals surface area (Å²) < 4.78 is 0. The summed E-state index contributed by atoms with van der Waals surface area (Å²) in [5.74, 6) is 0. The van der Waals surface area contributed by atoms with E-state index in [0.29, 0.717) is 0 Å². The van der Waals surface area contributed by atoms with Gasteiger partial charge in [-0.25, -0.2) is 0 Å². The van der Waals surface area contributed by atoms with Crippen molar-refractivity contribution in [1.29, 1.82) is 0 Å². The topological polar surface area (TPSA) is 52.0 Å². The fourth-order valence-electron chi connectivity index (χ4n) is 2.74. The van der Waals surface area contributed by atoms with Crippen LogP contribution in [0.5, 0.6) is 0 Å². The molecule has 0 saturated heterocycles. The zero-order chi connectivity index (χ0) is 14.7. The molecule has 0 saturated carbocycles. The van der Waals surface area contributed by atoms with E-state index >= 15 is 0 Å². The van der Waals surface area contributed by atoms with E-state index in [-0.39, 0.29) is 0 Å². The number of para-hydroxylation sites is 1. The molecule has 0 atom stereocenters. The summed E-state index contributed by atoms with van der Waals surface area (Å²) >= 11 is 0. The fraction of sp³-hybridized carbons (Fsp3) is 0. The van der Waals surface area contributed by atoms with Crippen LogP contribution in [0.25, 0.3) is 0 Å². The first kappa shape index (κ1) is 13.8. The molecule has 3 aromatic carbocycles. The summed E-state index contributed by atoms with van der Waals surface area (Å²) in [6.07, 6.45) is 0. The monoisotopic (exact) mass is 294 g/mol. The Balaban J connectivity index is 2.29. The standard InChI is InChI=1S/C18H19N2P/c19-17-13-7-8-14-18(17)21(20,15-9-3-1-4-10-15)16-11-5-2-6-12-16/h1-14,21H,19-20H2. The molecule has 0 fully saturated rings. The predicted molar refractivity (Wildman–Crippen MR) is 95.1 cm³/mol. The van der Waals surface area contributed by atoms with E-state index in [4.69, 9.17) is 11.2 Å². The average Bonchev–Trinajstić information content (AvgIpc) is 2.56. The molecule has 0 amide bonds. The second-order valence-electron chi connectivity index (χ2n) is 5.13. The fourth-order valence-corrected chi connectivity index (χ4v) is 6.03. The van der Waals surface area contributed by atoms with Gasteiger partial charge in [0.25, 0.3) is 0 Å². The Morgan fingerprint density at radius 3 is 1.48 bits per heavy atom. The van der Waals surface area contributed by atoms with E-state index in [9.17, 15) is 0 Å². The van der Waals surface area contributed by atoms with E-state index in [1.807, 2.05) is 54.6 Å². The molecule has 3 rings (SSSR count). The summed E-state index contributed by atoms with van der Waals surface area (Å²) in [6, 6.07) is 28.5. The van der Waals surface area contributed by atoms with Crippen LogP contribution in [0.15, 0.2) is 84.9 Å². The molecule has 0 unspecified atom stereocenters. The van der Waals surface area contributed by atoms with Crippen LogP contribution in [0, 0.1) is 0 Å². The molecule has 0 spiro atoms. The van der Waals surface area contributed by atoms with E-state index in [1.54, 1.807) is 0 Å². The van der Waals surface area contributed by atoms with Crippen molar-refractivity contribution in [3.63, 3.8) is 0 Å². The molecule has 106 valence electrons. The third-order valence-electron chi connectivity index (χ3n) is 3.84. The molecule has 0 aromatic heterocycles. The Bertz CT molecular complexity index is 687. The van der Waals surface area contributed by atoms with Crippen LogP contribution in [0.4, 0.5) is 5.69 Å². The van der Waals surface area contributed by atoms with E-state index in [0.717, 1.165) is 21.6 Å². The molecule has 0 aliphatic rings. The van der Waals surface area contributed by atoms with Crippen molar-refractivity contribution >= 4 is 29.0 Å². The van der Waals surface area contributed by atoms with Crippen LogP contribution >= 0.6 is 7.41 Å². The molecule has 0 heterocycles. The van der Waals surface area contributed by atoms with Gasteiger partial charge in [-0.15, -0.1) is 0 Å². The van der Waals surface area contributed by atoms with E-state index in [2.05, 4.69) is 30.3 Å². The maximum atomic E-state index is 7.02. The third kappa shape index (κ3) is 2.44. The Labute approximate surface area is 125 Å². The summed E-state index contributed by atoms with van der Waals surface area (Å²) in [7, 11) is -2.55. The molecule has 3 heteroatoms. The molecule has 2 nitrogen and oxygen atoms in total. The van der Waals surface area contributed by atoms with E-state index in [1.165, 1.54) is 0 Å². The Morgan fingerprint density at radius 1 is 0.571 bits per heavy atom. The summed E-state index contributed by atoms with van der Waals surface area (Å²) in [5.41, 5.74) is 14.0. The minimum atomic E-state index is -2.55. The van der Waals surface area contributed by atoms with Gasteiger partial charge in [0.15, 0.2) is 0 Å². The molecule has 21 heavy (non-hydrogen) atoms. The van der Waals surface area contributed by atoms with Crippen LogP contribution in [0.3, 0.4) is 0 Å². The normalized spacial score (nSPS) is 12.0. The van der Waals surface area contributed by atoms with Crippen LogP contribution < -0.4 is 27.2 Å². The van der Waals surface area contributed by atoms with Crippen molar-refractivity contribution in [3.8, 4) is 0 Å². The number of hydrogen-bond acceptors (Lipinski definition) is 2. The molecular weight excluding hydrogens is 275 g/mol. The predicted octanol–water partition coefficient (Wildman–Crippen LogP) is 2.17. The van der Waals surface area contributed by atoms with Gasteiger partial charge in [0, 0.05) is 0 Å². The number of hydrogen-bond donors (Lipinski definition) is 2. The second kappa shape index (κ2) is 5.69. The van der Waals surface area contributed by atoms with E-state index < -0.39 is 7.41 Å². The molecule has 0 aliphatic carbocycles. The third-order valence-corrected chi connectivity index (χ3v) is 7.64. The summed E-state index contributed by atoms with van der Waals surface area (Å²) in [4.78, 5) is 0. The van der Waals surface area contributed by atoms with Gasteiger partial charge in [0.1, 0.15) is 0 Å². The first-order valence-corrected chi connectivity index (χ1v) is 9.05. The van der Waals surface area contributed by atoms with Gasteiger partial charge in [-0.05, 0) is 0 Å². The molecule has 0 aliphatic heterocycles. The van der Waals surface area contributed by atoms with Gasteiger partial charge >= 0.3 is 125 Å². The van der Waals surface area contributed by atoms with Gasteiger partial charge in [-0.1, -0.05) is 0 Å². The number of nitrogens with two attached hydrogens (primary N) is 2. The van der Waals surface area contributed by atoms with Gasteiger partial charge in [-0.2, -0.15) is 0 Å². The van der Waals surface area contributed by atoms with Crippen molar-refractivity contribution in [2.45, 2.75) is 0 Å². The first-order valence-electron chi connectivity index (χ1n) is 6.98. The molecular formula is C18H19N2P. The van der Waals surface area contributed by atoms with Crippen molar-refractivity contribution in [2.24, 2.45) is 5.50 Å². The zero-order valence-electron chi connectivity index (χ0n) is 11.7. The molecule has 0 bridgehead atoms. The summed E-state index contributed by atoms with van der Waals surface area (Å²) in [6.45, 7) is 0. The Morgan fingerprint density at radius 2 is 1.00 bits per heavy atom. The van der Waals surface area contributed by atoms with Crippen molar-refractivity contribution < 1.29 is 0 Å². The minimum absolute atomic E-state index is 0.763. The maximum absolute atomic E-state index is 7.02. The van der Waals surface area contributed by atoms with Crippen LogP contribution in [-0.4, -0.2) is 0 Å². The van der Waals surface area contributed by atoms with Gasteiger partial charge in [0.2, 0.25) is 0 Å². The number of anilines is 1. The number of nitrogen functional groups attached to an aromatic ring is 1. The molecule has 0 radical (unpaired) electrons. The Hall–Kier alpha value is -2.15.